The Balaban J connectivity index is 2.67. The van der Waals surface area contributed by atoms with Gasteiger partial charge in [0.1, 0.15) is 0 Å². The monoisotopic (exact) mass is 250 g/mol. The molecule has 2 N–H and O–H groups in total. The smallest absolute Gasteiger partial charge is 0.0740 e. The van der Waals surface area contributed by atoms with Gasteiger partial charge in [-0.25, -0.2) is 0 Å². The molecular formula is C14H22N2S. The largest absolute Gasteiger partial charge is 0.393 e. The van der Waals surface area contributed by atoms with Gasteiger partial charge in [0.05, 0.1) is 4.99 Å². The number of aryl methyl sites for hydroxylation is 1. The van der Waals surface area contributed by atoms with Crippen molar-refractivity contribution in [1.29, 1.82) is 0 Å². The molecule has 0 heterocycles. The van der Waals surface area contributed by atoms with Crippen LogP contribution in [-0.2, 0) is 6.54 Å². The molecule has 0 saturated carbocycles. The van der Waals surface area contributed by atoms with Gasteiger partial charge < -0.3 is 5.73 Å². The lowest BCUT2D eigenvalue weighted by molar-refractivity contribution is 0.219. The first-order chi connectivity index (χ1) is 8.00. The molecule has 0 atom stereocenters. The third kappa shape index (κ3) is 4.84. The van der Waals surface area contributed by atoms with Crippen LogP contribution in [0.4, 0.5) is 0 Å². The first-order valence-electron chi connectivity index (χ1n) is 6.07. The Morgan fingerprint density at radius 2 is 2.00 bits per heavy atom. The summed E-state index contributed by atoms with van der Waals surface area (Å²) in [4.78, 5) is 3.00. The van der Waals surface area contributed by atoms with E-state index in [0.717, 1.165) is 19.5 Å². The Hall–Kier alpha value is -0.930. The zero-order chi connectivity index (χ0) is 12.8. The molecule has 0 aliphatic rings. The third-order valence-corrected chi connectivity index (χ3v) is 3.21. The minimum absolute atomic E-state index is 0.504. The summed E-state index contributed by atoms with van der Waals surface area (Å²) in [6.45, 7) is 8.46. The van der Waals surface area contributed by atoms with Gasteiger partial charge in [-0.3, -0.25) is 4.90 Å². The first-order valence-corrected chi connectivity index (χ1v) is 6.48. The van der Waals surface area contributed by atoms with Crippen molar-refractivity contribution in [1.82, 2.24) is 4.90 Å². The van der Waals surface area contributed by atoms with Crippen molar-refractivity contribution in [2.45, 2.75) is 39.8 Å². The summed E-state index contributed by atoms with van der Waals surface area (Å²) in [6, 6.07) is 9.01. The lowest BCUT2D eigenvalue weighted by Crippen LogP contribution is -2.33. The Bertz CT molecular complexity index is 374. The number of nitrogens with two attached hydrogens (primary N) is 1. The lowest BCUT2D eigenvalue weighted by Gasteiger charge is -2.27. The molecule has 3 heteroatoms. The number of nitrogens with zero attached hydrogens (tertiary/aromatic N) is 1. The Kier molecular flexibility index (Phi) is 5.59. The van der Waals surface area contributed by atoms with E-state index in [1.807, 2.05) is 0 Å². The highest BCUT2D eigenvalue weighted by molar-refractivity contribution is 7.80. The molecule has 0 unspecified atom stereocenters. The number of benzene rings is 1. The standard InChI is InChI=1S/C14H22N2S/c1-11(2)16(9-8-14(15)17)10-13-7-5-4-6-12(13)3/h4-7,11H,8-10H2,1-3H3,(H2,15,17). The maximum atomic E-state index is 5.57. The molecule has 94 valence electrons. The molecule has 0 bridgehead atoms. The van der Waals surface area contributed by atoms with E-state index in [1.54, 1.807) is 0 Å². The molecule has 1 aromatic carbocycles. The SMILES string of the molecule is Cc1ccccc1CN(CCC(N)=S)C(C)C. The van der Waals surface area contributed by atoms with E-state index in [-0.39, 0.29) is 0 Å². The van der Waals surface area contributed by atoms with Crippen molar-refractivity contribution in [3.8, 4) is 0 Å². The van der Waals surface area contributed by atoms with Gasteiger partial charge >= 0.3 is 0 Å². The van der Waals surface area contributed by atoms with E-state index in [1.165, 1.54) is 11.1 Å². The summed E-state index contributed by atoms with van der Waals surface area (Å²) in [5.41, 5.74) is 8.29. The van der Waals surface area contributed by atoms with Crippen LogP contribution in [0.3, 0.4) is 0 Å². The van der Waals surface area contributed by atoms with Crippen molar-refractivity contribution >= 4 is 17.2 Å². The number of rotatable bonds is 6. The summed E-state index contributed by atoms with van der Waals surface area (Å²) >= 11 is 4.94. The normalized spacial score (nSPS) is 11.1. The molecule has 0 amide bonds. The molecule has 0 saturated heterocycles. The van der Waals surface area contributed by atoms with Crippen molar-refractivity contribution in [3.63, 3.8) is 0 Å². The Morgan fingerprint density at radius 3 is 2.53 bits per heavy atom. The van der Waals surface area contributed by atoms with Gasteiger partial charge in [0.2, 0.25) is 0 Å². The molecule has 0 aliphatic heterocycles. The fourth-order valence-electron chi connectivity index (χ4n) is 1.78. The van der Waals surface area contributed by atoms with Crippen LogP contribution in [0.25, 0.3) is 0 Å². The average Bonchev–Trinajstić information content (AvgIpc) is 2.25. The summed E-state index contributed by atoms with van der Waals surface area (Å²) in [5.74, 6) is 0. The van der Waals surface area contributed by atoms with Crippen LogP contribution >= 0.6 is 12.2 Å². The van der Waals surface area contributed by atoms with Crippen molar-refractivity contribution in [2.75, 3.05) is 6.54 Å². The highest BCUT2D eigenvalue weighted by Gasteiger charge is 2.11. The molecule has 0 aliphatic carbocycles. The summed E-state index contributed by atoms with van der Waals surface area (Å²) in [6.07, 6.45) is 0.791. The summed E-state index contributed by atoms with van der Waals surface area (Å²) in [5, 5.41) is 0. The Morgan fingerprint density at radius 1 is 1.35 bits per heavy atom. The summed E-state index contributed by atoms with van der Waals surface area (Å²) < 4.78 is 0. The predicted molar refractivity (Wildman–Crippen MR) is 78.1 cm³/mol. The first kappa shape index (κ1) is 14.1. The van der Waals surface area contributed by atoms with E-state index in [9.17, 15) is 0 Å². The van der Waals surface area contributed by atoms with Crippen molar-refractivity contribution in [3.05, 3.63) is 35.4 Å². The Labute approximate surface area is 110 Å². The van der Waals surface area contributed by atoms with Crippen LogP contribution in [0.15, 0.2) is 24.3 Å². The minimum atomic E-state index is 0.504. The molecule has 0 aromatic heterocycles. The van der Waals surface area contributed by atoms with E-state index in [4.69, 9.17) is 18.0 Å². The third-order valence-electron chi connectivity index (χ3n) is 3.01. The fraction of sp³-hybridized carbons (Fsp3) is 0.500. The number of hydrogen-bond donors (Lipinski definition) is 1. The van der Waals surface area contributed by atoms with Crippen LogP contribution in [0, 0.1) is 6.92 Å². The molecule has 0 fully saturated rings. The summed E-state index contributed by atoms with van der Waals surface area (Å²) in [7, 11) is 0. The van der Waals surface area contributed by atoms with Crippen LogP contribution in [-0.4, -0.2) is 22.5 Å². The second kappa shape index (κ2) is 6.72. The fourth-order valence-corrected chi connectivity index (χ4v) is 1.87. The lowest BCUT2D eigenvalue weighted by atomic mass is 10.1. The highest BCUT2D eigenvalue weighted by Crippen LogP contribution is 2.12. The van der Waals surface area contributed by atoms with Gasteiger partial charge in [0, 0.05) is 25.6 Å². The average molecular weight is 250 g/mol. The molecule has 0 spiro atoms. The molecule has 2 nitrogen and oxygen atoms in total. The van der Waals surface area contributed by atoms with Gasteiger partial charge in [-0.1, -0.05) is 36.5 Å². The molecule has 0 radical (unpaired) electrons. The van der Waals surface area contributed by atoms with Crippen LogP contribution in [0.1, 0.15) is 31.4 Å². The molecule has 17 heavy (non-hydrogen) atoms. The van der Waals surface area contributed by atoms with Gasteiger partial charge in [-0.05, 0) is 31.9 Å². The predicted octanol–water partition coefficient (Wildman–Crippen LogP) is 2.88. The molecule has 1 aromatic rings. The van der Waals surface area contributed by atoms with Crippen LogP contribution < -0.4 is 5.73 Å². The van der Waals surface area contributed by atoms with Crippen LogP contribution in [0.5, 0.6) is 0 Å². The number of hydrogen-bond acceptors (Lipinski definition) is 2. The topological polar surface area (TPSA) is 29.3 Å². The number of thiocarbonyl (C=S) groups is 1. The van der Waals surface area contributed by atoms with E-state index in [2.05, 4.69) is 49.9 Å². The minimum Gasteiger partial charge on any atom is -0.393 e. The van der Waals surface area contributed by atoms with Crippen molar-refractivity contribution in [2.24, 2.45) is 5.73 Å². The van der Waals surface area contributed by atoms with Gasteiger partial charge in [0.15, 0.2) is 0 Å². The molecular weight excluding hydrogens is 228 g/mol. The maximum Gasteiger partial charge on any atom is 0.0740 e. The zero-order valence-corrected chi connectivity index (χ0v) is 11.8. The zero-order valence-electron chi connectivity index (χ0n) is 10.9. The van der Waals surface area contributed by atoms with Crippen molar-refractivity contribution < 1.29 is 0 Å². The van der Waals surface area contributed by atoms with Crippen LogP contribution in [0.2, 0.25) is 0 Å². The quantitative estimate of drug-likeness (QED) is 0.787. The maximum absolute atomic E-state index is 5.57. The second-order valence-electron chi connectivity index (χ2n) is 4.71. The van der Waals surface area contributed by atoms with E-state index in [0.29, 0.717) is 11.0 Å². The van der Waals surface area contributed by atoms with Gasteiger partial charge in [-0.15, -0.1) is 0 Å². The molecule has 1 rings (SSSR count). The van der Waals surface area contributed by atoms with E-state index >= 15 is 0 Å². The highest BCUT2D eigenvalue weighted by atomic mass is 32.1. The van der Waals surface area contributed by atoms with E-state index < -0.39 is 0 Å². The van der Waals surface area contributed by atoms with Gasteiger partial charge in [-0.2, -0.15) is 0 Å². The second-order valence-corrected chi connectivity index (χ2v) is 5.23. The van der Waals surface area contributed by atoms with Gasteiger partial charge in [0.25, 0.3) is 0 Å².